The number of hydrogen-bond acceptors (Lipinski definition) is 2. The molecule has 100 valence electrons. The Hall–Kier alpha value is -0.280. The highest BCUT2D eigenvalue weighted by molar-refractivity contribution is 6.19. The molecule has 17 heavy (non-hydrogen) atoms. The van der Waals surface area contributed by atoms with Gasteiger partial charge in [-0.1, -0.05) is 19.3 Å². The Labute approximate surface area is 109 Å². The first-order valence-corrected chi connectivity index (χ1v) is 6.94. The van der Waals surface area contributed by atoms with E-state index in [0.717, 1.165) is 25.7 Å². The summed E-state index contributed by atoms with van der Waals surface area (Å²) in [7, 11) is 0. The maximum atomic E-state index is 11.9. The molecule has 0 aliphatic heterocycles. The molecule has 4 heteroatoms. The van der Waals surface area contributed by atoms with Crippen LogP contribution in [0, 0.1) is 10.8 Å². The quantitative estimate of drug-likeness (QED) is 0.746. The molecule has 1 rings (SSSR count). The van der Waals surface area contributed by atoms with Crippen molar-refractivity contribution >= 4 is 17.5 Å². The molecule has 0 aromatic carbocycles. The lowest BCUT2D eigenvalue weighted by atomic mass is 9.74. The summed E-state index contributed by atoms with van der Waals surface area (Å²) in [5.74, 6) is 0.288. The van der Waals surface area contributed by atoms with Gasteiger partial charge in [0.2, 0.25) is 5.91 Å². The minimum Gasteiger partial charge on any atom is -0.396 e. The van der Waals surface area contributed by atoms with Gasteiger partial charge in [0.25, 0.3) is 0 Å². The van der Waals surface area contributed by atoms with Crippen molar-refractivity contribution in [1.82, 2.24) is 5.32 Å². The zero-order chi connectivity index (χ0) is 12.9. The minimum absolute atomic E-state index is 0.0223. The third-order valence-electron chi connectivity index (χ3n) is 3.82. The van der Waals surface area contributed by atoms with E-state index in [1.807, 2.05) is 13.8 Å². The van der Waals surface area contributed by atoms with Crippen LogP contribution in [-0.4, -0.2) is 30.0 Å². The fourth-order valence-electron chi connectivity index (χ4n) is 2.26. The zero-order valence-corrected chi connectivity index (χ0v) is 11.6. The molecule has 0 saturated heterocycles. The predicted molar refractivity (Wildman–Crippen MR) is 70.1 cm³/mol. The van der Waals surface area contributed by atoms with Crippen molar-refractivity contribution in [3.8, 4) is 0 Å². The Morgan fingerprint density at radius 1 is 1.35 bits per heavy atom. The molecule has 0 radical (unpaired) electrons. The second-order valence-corrected chi connectivity index (χ2v) is 6.19. The Kier molecular flexibility index (Phi) is 5.26. The normalized spacial score (nSPS) is 20.0. The van der Waals surface area contributed by atoms with Crippen LogP contribution in [0.5, 0.6) is 0 Å². The fraction of sp³-hybridized carbons (Fsp3) is 0.923. The Morgan fingerprint density at radius 2 is 1.94 bits per heavy atom. The van der Waals surface area contributed by atoms with Gasteiger partial charge in [-0.25, -0.2) is 0 Å². The van der Waals surface area contributed by atoms with Gasteiger partial charge in [-0.15, -0.1) is 11.6 Å². The van der Waals surface area contributed by atoms with Crippen LogP contribution >= 0.6 is 11.6 Å². The lowest BCUT2D eigenvalue weighted by molar-refractivity contribution is -0.129. The molecular weight excluding hydrogens is 238 g/mol. The number of amides is 1. The zero-order valence-electron chi connectivity index (χ0n) is 10.9. The van der Waals surface area contributed by atoms with Crippen molar-refractivity contribution in [2.75, 3.05) is 19.0 Å². The van der Waals surface area contributed by atoms with Crippen LogP contribution in [0.15, 0.2) is 0 Å². The minimum atomic E-state index is -0.535. The van der Waals surface area contributed by atoms with Crippen LogP contribution < -0.4 is 5.32 Å². The number of hydrogen-bond donors (Lipinski definition) is 2. The van der Waals surface area contributed by atoms with E-state index < -0.39 is 5.41 Å². The number of carbonyl (C=O) groups excluding carboxylic acids is 1. The lowest BCUT2D eigenvalue weighted by Gasteiger charge is -2.36. The van der Waals surface area contributed by atoms with Gasteiger partial charge in [-0.05, 0) is 26.7 Å². The third kappa shape index (κ3) is 3.85. The Balaban J connectivity index is 2.50. The van der Waals surface area contributed by atoms with E-state index in [1.54, 1.807) is 0 Å². The van der Waals surface area contributed by atoms with E-state index >= 15 is 0 Å². The summed E-state index contributed by atoms with van der Waals surface area (Å²) < 4.78 is 0. The van der Waals surface area contributed by atoms with Crippen molar-refractivity contribution in [3.05, 3.63) is 0 Å². The van der Waals surface area contributed by atoms with E-state index in [-0.39, 0.29) is 17.9 Å². The van der Waals surface area contributed by atoms with Gasteiger partial charge in [-0.2, -0.15) is 0 Å². The van der Waals surface area contributed by atoms with Crippen molar-refractivity contribution < 1.29 is 9.90 Å². The number of alkyl halides is 1. The molecule has 0 heterocycles. The second kappa shape index (κ2) is 6.05. The molecular formula is C13H24ClNO2. The number of nitrogens with one attached hydrogen (secondary N) is 1. The lowest BCUT2D eigenvalue weighted by Crippen LogP contribution is -2.46. The summed E-state index contributed by atoms with van der Waals surface area (Å²) in [6, 6.07) is 0. The van der Waals surface area contributed by atoms with E-state index in [4.69, 9.17) is 11.6 Å². The molecule has 1 aliphatic carbocycles. The number of halogens is 1. The van der Waals surface area contributed by atoms with Crippen molar-refractivity contribution in [2.24, 2.45) is 10.8 Å². The van der Waals surface area contributed by atoms with E-state index in [9.17, 15) is 9.90 Å². The highest BCUT2D eigenvalue weighted by atomic mass is 35.5. The van der Waals surface area contributed by atoms with E-state index in [1.165, 1.54) is 6.42 Å². The molecule has 0 atom stereocenters. The van der Waals surface area contributed by atoms with E-state index in [0.29, 0.717) is 12.4 Å². The van der Waals surface area contributed by atoms with Gasteiger partial charge in [0.15, 0.2) is 0 Å². The van der Waals surface area contributed by atoms with Gasteiger partial charge in [0.05, 0.1) is 12.0 Å². The number of aliphatic hydroxyl groups is 1. The summed E-state index contributed by atoms with van der Waals surface area (Å²) in [5.41, 5.74) is -0.636. The highest BCUT2D eigenvalue weighted by Gasteiger charge is 2.34. The van der Waals surface area contributed by atoms with Crippen molar-refractivity contribution in [1.29, 1.82) is 0 Å². The van der Waals surface area contributed by atoms with E-state index in [2.05, 4.69) is 5.32 Å². The Morgan fingerprint density at radius 3 is 2.41 bits per heavy atom. The average molecular weight is 262 g/mol. The van der Waals surface area contributed by atoms with Gasteiger partial charge in [0, 0.05) is 17.8 Å². The van der Waals surface area contributed by atoms with Crippen molar-refractivity contribution in [2.45, 2.75) is 46.0 Å². The van der Waals surface area contributed by atoms with Crippen LogP contribution in [-0.2, 0) is 4.79 Å². The number of aliphatic hydroxyl groups excluding tert-OH is 1. The van der Waals surface area contributed by atoms with Crippen LogP contribution in [0.3, 0.4) is 0 Å². The second-order valence-electron chi connectivity index (χ2n) is 5.92. The molecule has 1 amide bonds. The van der Waals surface area contributed by atoms with Crippen LogP contribution in [0.2, 0.25) is 0 Å². The molecule has 1 saturated carbocycles. The van der Waals surface area contributed by atoms with Crippen LogP contribution in [0.25, 0.3) is 0 Å². The average Bonchev–Trinajstić information content (AvgIpc) is 2.37. The maximum absolute atomic E-state index is 11.9. The van der Waals surface area contributed by atoms with Gasteiger partial charge >= 0.3 is 0 Å². The largest absolute Gasteiger partial charge is 0.396 e. The molecule has 1 aliphatic rings. The number of rotatable bonds is 5. The van der Waals surface area contributed by atoms with Crippen LogP contribution in [0.4, 0.5) is 0 Å². The molecule has 0 aromatic rings. The molecule has 1 fully saturated rings. The summed E-state index contributed by atoms with van der Waals surface area (Å²) in [6.45, 7) is 4.40. The first-order chi connectivity index (χ1) is 7.96. The monoisotopic (exact) mass is 261 g/mol. The first kappa shape index (κ1) is 14.8. The van der Waals surface area contributed by atoms with Gasteiger partial charge in [0.1, 0.15) is 0 Å². The molecule has 3 nitrogen and oxygen atoms in total. The summed E-state index contributed by atoms with van der Waals surface area (Å²) in [6.07, 6.45) is 5.55. The highest BCUT2D eigenvalue weighted by Crippen LogP contribution is 2.35. The topological polar surface area (TPSA) is 49.3 Å². The standard InChI is InChI=1S/C13H24ClNO2/c1-12(2,8-14)11(17)15-9-13(10-16)6-4-3-5-7-13/h16H,3-10H2,1-2H3,(H,15,17). The molecule has 2 N–H and O–H groups in total. The Bertz CT molecular complexity index is 260. The molecule has 0 aromatic heterocycles. The summed E-state index contributed by atoms with van der Waals surface area (Å²) in [4.78, 5) is 11.9. The van der Waals surface area contributed by atoms with Crippen molar-refractivity contribution in [3.63, 3.8) is 0 Å². The van der Waals surface area contributed by atoms with Gasteiger partial charge < -0.3 is 10.4 Å². The molecule has 0 unspecified atom stereocenters. The molecule has 0 spiro atoms. The summed E-state index contributed by atoms with van der Waals surface area (Å²) in [5, 5.41) is 12.5. The first-order valence-electron chi connectivity index (χ1n) is 6.41. The SMILES string of the molecule is CC(C)(CCl)C(=O)NCC1(CO)CCCCC1. The van der Waals surface area contributed by atoms with Crippen LogP contribution in [0.1, 0.15) is 46.0 Å². The third-order valence-corrected chi connectivity index (χ3v) is 4.49. The molecule has 0 bridgehead atoms. The maximum Gasteiger partial charge on any atom is 0.226 e. The predicted octanol–water partition coefficient (Wildman–Crippen LogP) is 2.31. The fourth-order valence-corrected chi connectivity index (χ4v) is 2.38. The van der Waals surface area contributed by atoms with Gasteiger partial charge in [-0.3, -0.25) is 4.79 Å². The number of carbonyl (C=O) groups is 1. The smallest absolute Gasteiger partial charge is 0.226 e. The summed E-state index contributed by atoms with van der Waals surface area (Å²) >= 11 is 5.77.